The lowest BCUT2D eigenvalue weighted by Crippen LogP contribution is -2.16. The van der Waals surface area contributed by atoms with E-state index in [1.807, 2.05) is 6.20 Å². The molecule has 1 aliphatic rings. The topological polar surface area (TPSA) is 38.1 Å². The fourth-order valence-corrected chi connectivity index (χ4v) is 2.39. The summed E-state index contributed by atoms with van der Waals surface area (Å²) in [5.41, 5.74) is 0. The second-order valence-electron chi connectivity index (χ2n) is 4.59. The van der Waals surface area contributed by atoms with Gasteiger partial charge in [-0.1, -0.05) is 26.2 Å². The summed E-state index contributed by atoms with van der Waals surface area (Å²) in [7, 11) is 0. The summed E-state index contributed by atoms with van der Waals surface area (Å²) in [4.78, 5) is 4.36. The standard InChI is InChI=1S/C13H22N2O/c1-2-14-9-8-13-15-10-12(16-13)11-6-4-3-5-7-11/h10-11,14H,2-9H2,1H3. The first-order chi connectivity index (χ1) is 7.90. The summed E-state index contributed by atoms with van der Waals surface area (Å²) in [5, 5.41) is 3.29. The SMILES string of the molecule is CCNCCc1ncc(C2CCCCC2)o1. The van der Waals surface area contributed by atoms with E-state index in [2.05, 4.69) is 17.2 Å². The zero-order valence-electron chi connectivity index (χ0n) is 10.2. The Morgan fingerprint density at radius 2 is 2.19 bits per heavy atom. The summed E-state index contributed by atoms with van der Waals surface area (Å²) < 4.78 is 5.82. The molecule has 0 amide bonds. The molecular formula is C13H22N2O. The quantitative estimate of drug-likeness (QED) is 0.778. The smallest absolute Gasteiger partial charge is 0.195 e. The van der Waals surface area contributed by atoms with E-state index >= 15 is 0 Å². The Hall–Kier alpha value is -0.830. The molecule has 16 heavy (non-hydrogen) atoms. The summed E-state index contributed by atoms with van der Waals surface area (Å²) >= 11 is 0. The summed E-state index contributed by atoms with van der Waals surface area (Å²) in [6.45, 7) is 4.08. The molecule has 90 valence electrons. The first-order valence-corrected chi connectivity index (χ1v) is 6.55. The van der Waals surface area contributed by atoms with Crippen molar-refractivity contribution < 1.29 is 4.42 Å². The molecule has 3 nitrogen and oxygen atoms in total. The van der Waals surface area contributed by atoms with Crippen molar-refractivity contribution in [3.63, 3.8) is 0 Å². The summed E-state index contributed by atoms with van der Waals surface area (Å²) in [6, 6.07) is 0. The predicted octanol–water partition coefficient (Wildman–Crippen LogP) is 2.87. The Kier molecular flexibility index (Phi) is 4.40. The maximum Gasteiger partial charge on any atom is 0.195 e. The highest BCUT2D eigenvalue weighted by atomic mass is 16.4. The van der Waals surface area contributed by atoms with Crippen molar-refractivity contribution in [2.24, 2.45) is 0 Å². The van der Waals surface area contributed by atoms with Crippen LogP contribution in [0.4, 0.5) is 0 Å². The molecule has 1 aliphatic carbocycles. The van der Waals surface area contributed by atoms with Crippen LogP contribution in [0.1, 0.15) is 56.6 Å². The zero-order chi connectivity index (χ0) is 11.2. The Labute approximate surface area is 97.6 Å². The van der Waals surface area contributed by atoms with Crippen LogP contribution >= 0.6 is 0 Å². The predicted molar refractivity (Wildman–Crippen MR) is 64.6 cm³/mol. The molecule has 0 unspecified atom stereocenters. The third-order valence-electron chi connectivity index (χ3n) is 3.34. The van der Waals surface area contributed by atoms with Gasteiger partial charge in [0.15, 0.2) is 5.89 Å². The van der Waals surface area contributed by atoms with Gasteiger partial charge in [-0.15, -0.1) is 0 Å². The molecule has 0 saturated heterocycles. The van der Waals surface area contributed by atoms with Crippen LogP contribution in [0.2, 0.25) is 0 Å². The van der Waals surface area contributed by atoms with Gasteiger partial charge in [0, 0.05) is 18.9 Å². The van der Waals surface area contributed by atoms with E-state index in [-0.39, 0.29) is 0 Å². The lowest BCUT2D eigenvalue weighted by Gasteiger charge is -2.18. The molecule has 0 aliphatic heterocycles. The normalized spacial score (nSPS) is 17.8. The molecule has 3 heteroatoms. The van der Waals surface area contributed by atoms with E-state index < -0.39 is 0 Å². The Morgan fingerprint density at radius 3 is 2.94 bits per heavy atom. The molecular weight excluding hydrogens is 200 g/mol. The molecule has 1 saturated carbocycles. The van der Waals surface area contributed by atoms with E-state index in [1.54, 1.807) is 0 Å². The van der Waals surface area contributed by atoms with Gasteiger partial charge in [-0.3, -0.25) is 0 Å². The molecule has 0 spiro atoms. The van der Waals surface area contributed by atoms with E-state index in [0.717, 1.165) is 31.2 Å². The van der Waals surface area contributed by atoms with Crippen LogP contribution in [0.25, 0.3) is 0 Å². The highest BCUT2D eigenvalue weighted by Crippen LogP contribution is 2.32. The number of nitrogens with zero attached hydrogens (tertiary/aromatic N) is 1. The van der Waals surface area contributed by atoms with Crippen molar-refractivity contribution in [1.29, 1.82) is 0 Å². The first-order valence-electron chi connectivity index (χ1n) is 6.55. The van der Waals surface area contributed by atoms with Crippen LogP contribution in [-0.2, 0) is 6.42 Å². The van der Waals surface area contributed by atoms with Gasteiger partial charge in [-0.05, 0) is 19.4 Å². The van der Waals surface area contributed by atoms with Crippen molar-refractivity contribution in [3.8, 4) is 0 Å². The van der Waals surface area contributed by atoms with Crippen molar-refractivity contribution in [2.45, 2.75) is 51.4 Å². The fourth-order valence-electron chi connectivity index (χ4n) is 2.39. The van der Waals surface area contributed by atoms with Gasteiger partial charge in [0.05, 0.1) is 6.20 Å². The lowest BCUT2D eigenvalue weighted by atomic mass is 9.88. The van der Waals surface area contributed by atoms with Crippen LogP contribution in [0.15, 0.2) is 10.6 Å². The van der Waals surface area contributed by atoms with Gasteiger partial charge in [-0.2, -0.15) is 0 Å². The second-order valence-corrected chi connectivity index (χ2v) is 4.59. The van der Waals surface area contributed by atoms with Gasteiger partial charge < -0.3 is 9.73 Å². The van der Waals surface area contributed by atoms with Gasteiger partial charge in [-0.25, -0.2) is 4.98 Å². The fraction of sp³-hybridized carbons (Fsp3) is 0.769. The van der Waals surface area contributed by atoms with Gasteiger partial charge in [0.1, 0.15) is 5.76 Å². The molecule has 1 N–H and O–H groups in total. The number of hydrogen-bond donors (Lipinski definition) is 1. The second kappa shape index (κ2) is 6.04. The number of nitrogens with one attached hydrogen (secondary N) is 1. The average Bonchev–Trinajstić information content (AvgIpc) is 2.79. The molecule has 0 bridgehead atoms. The molecule has 0 atom stereocenters. The van der Waals surface area contributed by atoms with Crippen molar-refractivity contribution in [2.75, 3.05) is 13.1 Å². The van der Waals surface area contributed by atoms with Crippen LogP contribution in [0, 0.1) is 0 Å². The largest absolute Gasteiger partial charge is 0.445 e. The minimum atomic E-state index is 0.633. The van der Waals surface area contributed by atoms with Gasteiger partial charge in [0.25, 0.3) is 0 Å². The monoisotopic (exact) mass is 222 g/mol. The third kappa shape index (κ3) is 3.08. The third-order valence-corrected chi connectivity index (χ3v) is 3.34. The van der Waals surface area contributed by atoms with Gasteiger partial charge in [0.2, 0.25) is 0 Å². The Bertz CT molecular complexity index is 303. The number of oxazole rings is 1. The van der Waals surface area contributed by atoms with Crippen molar-refractivity contribution in [3.05, 3.63) is 17.8 Å². The molecule has 1 fully saturated rings. The minimum Gasteiger partial charge on any atom is -0.445 e. The molecule has 0 radical (unpaired) electrons. The first kappa shape index (κ1) is 11.6. The molecule has 1 aromatic heterocycles. The van der Waals surface area contributed by atoms with E-state index in [9.17, 15) is 0 Å². The Morgan fingerprint density at radius 1 is 1.38 bits per heavy atom. The lowest BCUT2D eigenvalue weighted by molar-refractivity contribution is 0.359. The zero-order valence-corrected chi connectivity index (χ0v) is 10.2. The molecule has 0 aromatic carbocycles. The minimum absolute atomic E-state index is 0.633. The number of likely N-dealkylation sites (N-methyl/N-ethyl adjacent to an activating group) is 1. The van der Waals surface area contributed by atoms with E-state index in [0.29, 0.717) is 5.92 Å². The number of aromatic nitrogens is 1. The highest BCUT2D eigenvalue weighted by molar-refractivity contribution is 5.03. The summed E-state index contributed by atoms with van der Waals surface area (Å²) in [6.07, 6.45) is 9.48. The molecule has 1 aromatic rings. The van der Waals surface area contributed by atoms with E-state index in [4.69, 9.17) is 4.42 Å². The van der Waals surface area contributed by atoms with Crippen molar-refractivity contribution in [1.82, 2.24) is 10.3 Å². The van der Waals surface area contributed by atoms with Crippen LogP contribution < -0.4 is 5.32 Å². The van der Waals surface area contributed by atoms with Crippen LogP contribution in [0.5, 0.6) is 0 Å². The summed E-state index contributed by atoms with van der Waals surface area (Å²) in [5.74, 6) is 2.64. The van der Waals surface area contributed by atoms with Crippen LogP contribution in [-0.4, -0.2) is 18.1 Å². The van der Waals surface area contributed by atoms with Crippen LogP contribution in [0.3, 0.4) is 0 Å². The van der Waals surface area contributed by atoms with Gasteiger partial charge >= 0.3 is 0 Å². The maximum atomic E-state index is 5.82. The average molecular weight is 222 g/mol. The maximum absolute atomic E-state index is 5.82. The number of hydrogen-bond acceptors (Lipinski definition) is 3. The van der Waals surface area contributed by atoms with Crippen molar-refractivity contribution >= 4 is 0 Å². The molecule has 2 rings (SSSR count). The highest BCUT2D eigenvalue weighted by Gasteiger charge is 2.19. The Balaban J connectivity index is 1.85. The number of rotatable bonds is 5. The molecule has 1 heterocycles. The van der Waals surface area contributed by atoms with E-state index in [1.165, 1.54) is 32.1 Å².